The van der Waals surface area contributed by atoms with Gasteiger partial charge in [0.05, 0.1) is 18.8 Å². The summed E-state index contributed by atoms with van der Waals surface area (Å²) in [5.74, 6) is -4.82. The Morgan fingerprint density at radius 2 is 2.28 bits per heavy atom. The van der Waals surface area contributed by atoms with Crippen molar-refractivity contribution in [3.8, 4) is 0 Å². The Bertz CT molecular complexity index is 372. The van der Waals surface area contributed by atoms with E-state index in [-0.39, 0.29) is 0 Å². The molecule has 1 heterocycles. The molecule has 10 nitrogen and oxygen atoms in total. The number of carbonyl (C=O) groups is 1. The second kappa shape index (κ2) is 5.48. The Labute approximate surface area is 101 Å². The maximum atomic E-state index is 10.7. The summed E-state index contributed by atoms with van der Waals surface area (Å²) in [7, 11) is 0. The van der Waals surface area contributed by atoms with E-state index >= 15 is 0 Å². The van der Waals surface area contributed by atoms with E-state index in [1.54, 1.807) is 0 Å². The third kappa shape index (κ3) is 2.88. The summed E-state index contributed by atoms with van der Waals surface area (Å²) in [6.45, 7) is -0.520. The first-order valence-electron chi connectivity index (χ1n) is 4.98. The molecule has 1 fully saturated rings. The maximum Gasteiger partial charge on any atom is 0.210 e. The molecule has 1 aliphatic rings. The van der Waals surface area contributed by atoms with E-state index in [4.69, 9.17) is 5.53 Å². The molecule has 0 aliphatic carbocycles. The molecule has 18 heavy (non-hydrogen) atoms. The minimum absolute atomic E-state index is 0.520. The van der Waals surface area contributed by atoms with Gasteiger partial charge in [-0.1, -0.05) is 5.11 Å². The van der Waals surface area contributed by atoms with Crippen LogP contribution in [-0.2, 0) is 9.53 Å². The van der Waals surface area contributed by atoms with Gasteiger partial charge < -0.3 is 35.1 Å². The molecule has 5 atom stereocenters. The Balaban J connectivity index is 2.88. The molecular weight excluding hydrogens is 250 g/mol. The number of carboxylic acid groups (broad SMARTS) is 1. The van der Waals surface area contributed by atoms with Gasteiger partial charge in [-0.05, 0) is 5.53 Å². The predicted molar refractivity (Wildman–Crippen MR) is 51.5 cm³/mol. The van der Waals surface area contributed by atoms with E-state index in [0.29, 0.717) is 0 Å². The van der Waals surface area contributed by atoms with Crippen molar-refractivity contribution in [2.75, 3.05) is 6.54 Å². The summed E-state index contributed by atoms with van der Waals surface area (Å²) in [5.41, 5.74) is 8.06. The zero-order valence-electron chi connectivity index (χ0n) is 9.08. The van der Waals surface area contributed by atoms with Gasteiger partial charge in [-0.25, -0.2) is 0 Å². The molecule has 0 spiro atoms. The smallest absolute Gasteiger partial charge is 0.210 e. The number of aliphatic carboxylic acids is 1. The molecule has 102 valence electrons. The van der Waals surface area contributed by atoms with Crippen LogP contribution in [0.1, 0.15) is 6.42 Å². The molecule has 0 aromatic carbocycles. The zero-order valence-corrected chi connectivity index (χ0v) is 9.08. The summed E-state index contributed by atoms with van der Waals surface area (Å²) in [6, 6.07) is 0. The van der Waals surface area contributed by atoms with Crippen molar-refractivity contribution in [1.29, 1.82) is 0 Å². The van der Waals surface area contributed by atoms with Crippen LogP contribution in [0, 0.1) is 0 Å². The fraction of sp³-hybridized carbons (Fsp3) is 0.875. The molecule has 1 unspecified atom stereocenters. The van der Waals surface area contributed by atoms with Gasteiger partial charge in [-0.2, -0.15) is 0 Å². The van der Waals surface area contributed by atoms with Crippen LogP contribution in [0.5, 0.6) is 0 Å². The Hall–Kier alpha value is -1.42. The first kappa shape index (κ1) is 14.6. The zero-order chi connectivity index (χ0) is 13.9. The molecule has 10 heteroatoms. The van der Waals surface area contributed by atoms with Crippen LogP contribution < -0.4 is 5.11 Å². The number of nitrogens with zero attached hydrogens (tertiary/aromatic N) is 3. The number of carbonyl (C=O) groups excluding carboxylic acids is 1. The van der Waals surface area contributed by atoms with Crippen LogP contribution in [0.2, 0.25) is 0 Å². The number of aliphatic hydroxyl groups is 4. The van der Waals surface area contributed by atoms with Gasteiger partial charge in [-0.3, -0.25) is 0 Å². The number of hydrogen-bond acceptors (Lipinski definition) is 8. The quantitative estimate of drug-likeness (QED) is 0.231. The van der Waals surface area contributed by atoms with Crippen molar-refractivity contribution in [2.45, 2.75) is 36.6 Å². The minimum atomic E-state index is -2.82. The second-order valence-electron chi connectivity index (χ2n) is 3.90. The van der Waals surface area contributed by atoms with Gasteiger partial charge in [-0.15, -0.1) is 0 Å². The SMILES string of the molecule is [N-]=[N+]=NC[C@@H](O)[C@H]1OC(O)(C(=O)[O-])C[C@@H](O)[C@H]1O. The average molecular weight is 262 g/mol. The molecule has 1 rings (SSSR count). The molecule has 0 amide bonds. The van der Waals surface area contributed by atoms with Gasteiger partial charge in [0.25, 0.3) is 0 Å². The lowest BCUT2D eigenvalue weighted by Crippen LogP contribution is -2.64. The number of ether oxygens (including phenoxy) is 1. The lowest BCUT2D eigenvalue weighted by Gasteiger charge is -2.44. The lowest BCUT2D eigenvalue weighted by atomic mass is 9.92. The second-order valence-corrected chi connectivity index (χ2v) is 3.90. The average Bonchev–Trinajstić information content (AvgIpc) is 2.30. The van der Waals surface area contributed by atoms with Crippen LogP contribution in [-0.4, -0.2) is 63.1 Å². The molecule has 4 N–H and O–H groups in total. The summed E-state index contributed by atoms with van der Waals surface area (Å²) < 4.78 is 4.63. The Morgan fingerprint density at radius 3 is 2.78 bits per heavy atom. The molecule has 1 saturated heterocycles. The fourth-order valence-corrected chi connectivity index (χ4v) is 1.63. The first-order valence-corrected chi connectivity index (χ1v) is 4.98. The molecule has 0 aromatic heterocycles. The number of hydrogen-bond donors (Lipinski definition) is 4. The topological polar surface area (TPSA) is 179 Å². The van der Waals surface area contributed by atoms with Crippen molar-refractivity contribution in [3.05, 3.63) is 10.4 Å². The van der Waals surface area contributed by atoms with E-state index in [1.165, 1.54) is 0 Å². The summed E-state index contributed by atoms with van der Waals surface area (Å²) in [4.78, 5) is 13.0. The van der Waals surface area contributed by atoms with E-state index in [1.807, 2.05) is 0 Å². The van der Waals surface area contributed by atoms with Crippen molar-refractivity contribution < 1.29 is 35.1 Å². The normalized spacial score (nSPS) is 37.7. The Kier molecular flexibility index (Phi) is 4.46. The largest absolute Gasteiger partial charge is 0.544 e. The Morgan fingerprint density at radius 1 is 1.67 bits per heavy atom. The van der Waals surface area contributed by atoms with Gasteiger partial charge in [0.15, 0.2) is 0 Å². The molecule has 0 aromatic rings. The van der Waals surface area contributed by atoms with Gasteiger partial charge in [0.1, 0.15) is 18.2 Å². The summed E-state index contributed by atoms with van der Waals surface area (Å²) >= 11 is 0. The number of azide groups is 1. The van der Waals surface area contributed by atoms with E-state index in [0.717, 1.165) is 0 Å². The van der Waals surface area contributed by atoms with Crippen molar-refractivity contribution in [2.24, 2.45) is 5.11 Å². The predicted octanol–water partition coefficient (Wildman–Crippen LogP) is -3.39. The summed E-state index contributed by atoms with van der Waals surface area (Å²) in [5, 5.41) is 51.7. The highest BCUT2D eigenvalue weighted by Gasteiger charge is 2.48. The number of rotatable bonds is 4. The van der Waals surface area contributed by atoms with E-state index in [9.17, 15) is 30.3 Å². The standard InChI is InChI=1S/C8H13N3O7/c9-11-10-2-4(13)6-5(14)3(12)1-8(17,18-6)7(15)16/h3-6,12-14,17H,1-2H2,(H,15,16)/p-1/t3-,4-,5-,6-,8?/m1/s1. The molecule has 0 saturated carbocycles. The molecule has 1 aliphatic heterocycles. The third-order valence-electron chi connectivity index (χ3n) is 2.58. The van der Waals surface area contributed by atoms with Crippen LogP contribution in [0.25, 0.3) is 10.4 Å². The highest BCUT2D eigenvalue weighted by molar-refractivity contribution is 5.73. The third-order valence-corrected chi connectivity index (χ3v) is 2.58. The van der Waals surface area contributed by atoms with E-state index in [2.05, 4.69) is 14.8 Å². The van der Waals surface area contributed by atoms with Crippen LogP contribution in [0.4, 0.5) is 0 Å². The van der Waals surface area contributed by atoms with Crippen molar-refractivity contribution >= 4 is 5.97 Å². The minimum Gasteiger partial charge on any atom is -0.544 e. The van der Waals surface area contributed by atoms with E-state index < -0.39 is 49.1 Å². The number of aliphatic hydroxyl groups excluding tert-OH is 3. The fourth-order valence-electron chi connectivity index (χ4n) is 1.63. The summed E-state index contributed by atoms with van der Waals surface area (Å²) in [6.07, 6.45) is -7.28. The molecule has 0 radical (unpaired) electrons. The number of carboxylic acids is 1. The first-order chi connectivity index (χ1) is 8.31. The van der Waals surface area contributed by atoms with Crippen LogP contribution in [0.3, 0.4) is 0 Å². The van der Waals surface area contributed by atoms with Gasteiger partial charge in [0.2, 0.25) is 5.79 Å². The molecular formula is C8H12N3O7-. The lowest BCUT2D eigenvalue weighted by molar-refractivity contribution is -0.378. The van der Waals surface area contributed by atoms with Crippen LogP contribution >= 0.6 is 0 Å². The van der Waals surface area contributed by atoms with Crippen molar-refractivity contribution in [1.82, 2.24) is 0 Å². The molecule has 0 bridgehead atoms. The monoisotopic (exact) mass is 262 g/mol. The van der Waals surface area contributed by atoms with Gasteiger partial charge in [0, 0.05) is 11.3 Å². The van der Waals surface area contributed by atoms with Gasteiger partial charge >= 0.3 is 0 Å². The highest BCUT2D eigenvalue weighted by atomic mass is 16.7. The van der Waals surface area contributed by atoms with Crippen LogP contribution in [0.15, 0.2) is 5.11 Å². The highest BCUT2D eigenvalue weighted by Crippen LogP contribution is 2.29. The van der Waals surface area contributed by atoms with Crippen molar-refractivity contribution in [3.63, 3.8) is 0 Å². The maximum absolute atomic E-state index is 10.7.